The van der Waals surface area contributed by atoms with E-state index < -0.39 is 0 Å². The van der Waals surface area contributed by atoms with Gasteiger partial charge in [-0.05, 0) is 25.1 Å². The van der Waals surface area contributed by atoms with Crippen LogP contribution >= 0.6 is 23.2 Å². The number of phenols is 1. The first-order valence-electron chi connectivity index (χ1n) is 6.19. The molecule has 0 saturated carbocycles. The first kappa shape index (κ1) is 14.4. The molecule has 1 heterocycles. The van der Waals surface area contributed by atoms with E-state index in [0.717, 1.165) is 6.42 Å². The number of hydrogen-bond donors (Lipinski definition) is 2. The monoisotopic (exact) mass is 302 g/mol. The lowest BCUT2D eigenvalue weighted by Crippen LogP contribution is -2.27. The summed E-state index contributed by atoms with van der Waals surface area (Å²) >= 11 is 12.1. The quantitative estimate of drug-likeness (QED) is 0.897. The highest BCUT2D eigenvalue weighted by atomic mass is 35.5. The molecule has 0 radical (unpaired) electrons. The van der Waals surface area contributed by atoms with Crippen molar-refractivity contribution in [1.82, 2.24) is 4.90 Å². The third-order valence-electron chi connectivity index (χ3n) is 3.36. The van der Waals surface area contributed by atoms with Crippen molar-refractivity contribution in [3.05, 3.63) is 27.7 Å². The van der Waals surface area contributed by atoms with Gasteiger partial charge in [0.05, 0.1) is 10.0 Å². The van der Waals surface area contributed by atoms with E-state index in [1.165, 1.54) is 6.07 Å². The molecule has 19 heavy (non-hydrogen) atoms. The van der Waals surface area contributed by atoms with Crippen molar-refractivity contribution in [2.75, 3.05) is 19.6 Å². The summed E-state index contributed by atoms with van der Waals surface area (Å²) < 4.78 is 0. The molecule has 3 N–H and O–H groups in total. The van der Waals surface area contributed by atoms with Gasteiger partial charge < -0.3 is 15.7 Å². The fourth-order valence-corrected chi connectivity index (χ4v) is 2.89. The lowest BCUT2D eigenvalue weighted by atomic mass is 9.97. The minimum atomic E-state index is -0.114. The Morgan fingerprint density at radius 2 is 2.16 bits per heavy atom. The van der Waals surface area contributed by atoms with E-state index in [2.05, 4.69) is 0 Å². The number of rotatable bonds is 4. The molecule has 2 rings (SSSR count). The number of nitrogens with zero attached hydrogens (tertiary/aromatic N) is 1. The summed E-state index contributed by atoms with van der Waals surface area (Å²) in [6, 6.07) is 3.06. The van der Waals surface area contributed by atoms with E-state index in [1.54, 1.807) is 11.0 Å². The zero-order valence-corrected chi connectivity index (χ0v) is 11.9. The zero-order chi connectivity index (χ0) is 14.0. The summed E-state index contributed by atoms with van der Waals surface area (Å²) in [5.41, 5.74) is 6.02. The number of halogens is 2. The molecule has 0 aliphatic carbocycles. The molecule has 104 valence electrons. The van der Waals surface area contributed by atoms with Gasteiger partial charge in [-0.25, -0.2) is 0 Å². The summed E-state index contributed by atoms with van der Waals surface area (Å²) in [4.78, 5) is 13.7. The van der Waals surface area contributed by atoms with Crippen LogP contribution in [-0.2, 0) is 4.79 Å². The number of likely N-dealkylation sites (tertiary alicyclic amines) is 1. The summed E-state index contributed by atoms with van der Waals surface area (Å²) in [7, 11) is 0. The summed E-state index contributed by atoms with van der Waals surface area (Å²) in [5, 5.41) is 10.7. The summed E-state index contributed by atoms with van der Waals surface area (Å²) in [6.45, 7) is 1.74. The number of aromatic hydroxyl groups is 1. The molecular weight excluding hydrogens is 287 g/mol. The van der Waals surface area contributed by atoms with E-state index in [0.29, 0.717) is 41.7 Å². The van der Waals surface area contributed by atoms with Crippen molar-refractivity contribution < 1.29 is 9.90 Å². The van der Waals surface area contributed by atoms with E-state index in [-0.39, 0.29) is 17.6 Å². The third kappa shape index (κ3) is 2.96. The maximum atomic E-state index is 11.9. The van der Waals surface area contributed by atoms with Crippen LogP contribution in [0, 0.1) is 0 Å². The van der Waals surface area contributed by atoms with Gasteiger partial charge >= 0.3 is 0 Å². The van der Waals surface area contributed by atoms with Crippen LogP contribution < -0.4 is 5.73 Å². The molecule has 6 heteroatoms. The lowest BCUT2D eigenvalue weighted by molar-refractivity contribution is -0.127. The Bertz CT molecular complexity index is 494. The average molecular weight is 303 g/mol. The first-order chi connectivity index (χ1) is 9.04. The van der Waals surface area contributed by atoms with Gasteiger partial charge in [-0.15, -0.1) is 0 Å². The van der Waals surface area contributed by atoms with E-state index in [9.17, 15) is 9.90 Å². The third-order valence-corrected chi connectivity index (χ3v) is 4.18. The number of phenolic OH excluding ortho intramolecular Hbond substituents is 1. The van der Waals surface area contributed by atoms with Crippen LogP contribution in [0.2, 0.25) is 10.0 Å². The Morgan fingerprint density at radius 3 is 2.84 bits per heavy atom. The topological polar surface area (TPSA) is 66.6 Å². The molecule has 1 aromatic rings. The largest absolute Gasteiger partial charge is 0.508 e. The minimum Gasteiger partial charge on any atom is -0.508 e. The molecule has 1 aromatic carbocycles. The molecule has 1 atom stereocenters. The van der Waals surface area contributed by atoms with Crippen LogP contribution in [0.4, 0.5) is 0 Å². The predicted octanol–water partition coefficient (Wildman–Crippen LogP) is 2.36. The van der Waals surface area contributed by atoms with Crippen molar-refractivity contribution in [2.45, 2.75) is 18.8 Å². The number of carbonyl (C=O) groups excluding carboxylic acids is 1. The maximum absolute atomic E-state index is 11.9. The number of amides is 1. The molecule has 4 nitrogen and oxygen atoms in total. The standard InChI is InChI=1S/C13H16Cl2N2O2/c14-9-2-3-10(18)12(13(9)15)8-6-11(19)17(7-8)5-1-4-16/h2-3,8,18H,1,4-7,16H2/t8-/m1/s1. The molecule has 0 aromatic heterocycles. The van der Waals surface area contributed by atoms with Crippen LogP contribution in [0.1, 0.15) is 24.3 Å². The molecule has 1 saturated heterocycles. The fraction of sp³-hybridized carbons (Fsp3) is 0.462. The summed E-state index contributed by atoms with van der Waals surface area (Å²) in [5.74, 6) is 0.0400. The Balaban J connectivity index is 2.21. The van der Waals surface area contributed by atoms with Crippen LogP contribution in [-0.4, -0.2) is 35.5 Å². The van der Waals surface area contributed by atoms with Gasteiger partial charge in [0.2, 0.25) is 5.91 Å². The molecule has 1 amide bonds. The van der Waals surface area contributed by atoms with Crippen molar-refractivity contribution in [2.24, 2.45) is 5.73 Å². The second-order valence-electron chi connectivity index (χ2n) is 4.68. The average Bonchev–Trinajstić information content (AvgIpc) is 2.73. The predicted molar refractivity (Wildman–Crippen MR) is 75.7 cm³/mol. The van der Waals surface area contributed by atoms with Gasteiger partial charge in [0, 0.05) is 31.0 Å². The highest BCUT2D eigenvalue weighted by Gasteiger charge is 2.33. The number of hydrogen-bond acceptors (Lipinski definition) is 3. The highest BCUT2D eigenvalue weighted by Crippen LogP contribution is 2.41. The molecule has 1 fully saturated rings. The first-order valence-corrected chi connectivity index (χ1v) is 6.95. The zero-order valence-electron chi connectivity index (χ0n) is 10.4. The van der Waals surface area contributed by atoms with Gasteiger partial charge in [-0.1, -0.05) is 23.2 Å². The normalized spacial score (nSPS) is 19.2. The molecule has 0 bridgehead atoms. The van der Waals surface area contributed by atoms with Crippen molar-refractivity contribution in [3.8, 4) is 5.75 Å². The Hall–Kier alpha value is -0.970. The number of nitrogens with two attached hydrogens (primary N) is 1. The molecular formula is C13H16Cl2N2O2. The van der Waals surface area contributed by atoms with Crippen molar-refractivity contribution in [3.63, 3.8) is 0 Å². The number of carbonyl (C=O) groups is 1. The number of benzene rings is 1. The lowest BCUT2D eigenvalue weighted by Gasteiger charge is -2.17. The van der Waals surface area contributed by atoms with E-state index in [1.807, 2.05) is 0 Å². The molecule has 1 aliphatic heterocycles. The van der Waals surface area contributed by atoms with Gasteiger partial charge in [0.25, 0.3) is 0 Å². The van der Waals surface area contributed by atoms with E-state index >= 15 is 0 Å². The van der Waals surface area contributed by atoms with Gasteiger partial charge in [0.1, 0.15) is 5.75 Å². The maximum Gasteiger partial charge on any atom is 0.223 e. The van der Waals surface area contributed by atoms with Crippen LogP contribution in [0.5, 0.6) is 5.75 Å². The summed E-state index contributed by atoms with van der Waals surface area (Å²) in [6.07, 6.45) is 1.12. The Kier molecular flexibility index (Phi) is 4.55. The smallest absolute Gasteiger partial charge is 0.223 e. The molecule has 0 spiro atoms. The van der Waals surface area contributed by atoms with Crippen LogP contribution in [0.25, 0.3) is 0 Å². The second-order valence-corrected chi connectivity index (χ2v) is 5.46. The second kappa shape index (κ2) is 5.99. The Morgan fingerprint density at radius 1 is 1.42 bits per heavy atom. The van der Waals surface area contributed by atoms with Crippen LogP contribution in [0.3, 0.4) is 0 Å². The highest BCUT2D eigenvalue weighted by molar-refractivity contribution is 6.42. The Labute approximate surface area is 122 Å². The fourth-order valence-electron chi connectivity index (χ4n) is 2.41. The van der Waals surface area contributed by atoms with Crippen LogP contribution in [0.15, 0.2) is 12.1 Å². The van der Waals surface area contributed by atoms with E-state index in [4.69, 9.17) is 28.9 Å². The van der Waals surface area contributed by atoms with Gasteiger partial charge in [0.15, 0.2) is 0 Å². The molecule has 0 unspecified atom stereocenters. The SMILES string of the molecule is NCCCN1C[C@H](c2c(O)ccc(Cl)c2Cl)CC1=O. The minimum absolute atomic E-state index is 0.0638. The van der Waals surface area contributed by atoms with Crippen molar-refractivity contribution in [1.29, 1.82) is 0 Å². The van der Waals surface area contributed by atoms with Gasteiger partial charge in [-0.2, -0.15) is 0 Å². The van der Waals surface area contributed by atoms with Gasteiger partial charge in [-0.3, -0.25) is 4.79 Å². The molecule has 1 aliphatic rings. The van der Waals surface area contributed by atoms with Crippen molar-refractivity contribution >= 4 is 29.1 Å².